The van der Waals surface area contributed by atoms with E-state index in [1.807, 2.05) is 0 Å². The van der Waals surface area contributed by atoms with Gasteiger partial charge in [-0.2, -0.15) is 4.31 Å². The summed E-state index contributed by atoms with van der Waals surface area (Å²) in [6.45, 7) is 2.51. The van der Waals surface area contributed by atoms with E-state index in [-0.39, 0.29) is 26.8 Å². The molecule has 1 aliphatic heterocycles. The topological polar surface area (TPSA) is 119 Å². The number of ether oxygens (including phenoxy) is 2. The fourth-order valence-corrected chi connectivity index (χ4v) is 6.11. The van der Waals surface area contributed by atoms with Crippen LogP contribution in [0.15, 0.2) is 46.2 Å². The second-order valence-corrected chi connectivity index (χ2v) is 11.0. The Morgan fingerprint density at radius 2 is 1.59 bits per heavy atom. The summed E-state index contributed by atoms with van der Waals surface area (Å²) in [5.74, 6) is -0.502. The lowest BCUT2D eigenvalue weighted by Crippen LogP contribution is -2.35. The normalized spacial score (nSPS) is 15.2. The van der Waals surface area contributed by atoms with E-state index < -0.39 is 26.0 Å². The molecule has 0 spiro atoms. The van der Waals surface area contributed by atoms with Gasteiger partial charge in [0.15, 0.2) is 0 Å². The van der Waals surface area contributed by atoms with Crippen molar-refractivity contribution in [3.05, 3.63) is 47.5 Å². The lowest BCUT2D eigenvalue weighted by atomic mass is 10.1. The second-order valence-electron chi connectivity index (χ2n) is 7.40. The van der Waals surface area contributed by atoms with E-state index in [4.69, 9.17) is 9.47 Å². The zero-order valence-corrected chi connectivity index (χ0v) is 19.8. The third kappa shape index (κ3) is 4.89. The molecule has 0 saturated carbocycles. The highest BCUT2D eigenvalue weighted by atomic mass is 32.2. The van der Waals surface area contributed by atoms with Gasteiger partial charge in [0.25, 0.3) is 10.0 Å². The highest BCUT2D eigenvalue weighted by Gasteiger charge is 2.28. The van der Waals surface area contributed by atoms with Crippen molar-refractivity contribution in [3.63, 3.8) is 0 Å². The molecule has 174 valence electrons. The number of nitrogens with zero attached hydrogens (tertiary/aromatic N) is 1. The fourth-order valence-electron chi connectivity index (χ4n) is 3.48. The Bertz CT molecular complexity index is 1220. The zero-order valence-electron chi connectivity index (χ0n) is 18.1. The Hall–Kier alpha value is -2.63. The Morgan fingerprint density at radius 1 is 0.938 bits per heavy atom. The molecule has 9 nitrogen and oxygen atoms in total. The summed E-state index contributed by atoms with van der Waals surface area (Å²) >= 11 is 0. The van der Waals surface area contributed by atoms with E-state index in [0.29, 0.717) is 18.7 Å². The molecule has 0 bridgehead atoms. The molecule has 1 aliphatic rings. The number of esters is 1. The first-order chi connectivity index (χ1) is 15.1. The summed E-state index contributed by atoms with van der Waals surface area (Å²) in [5.41, 5.74) is 0.651. The van der Waals surface area contributed by atoms with Crippen molar-refractivity contribution < 1.29 is 31.1 Å². The van der Waals surface area contributed by atoms with Crippen LogP contribution in [0.25, 0.3) is 0 Å². The van der Waals surface area contributed by atoms with E-state index in [0.717, 1.165) is 19.3 Å². The first-order valence-corrected chi connectivity index (χ1v) is 12.9. The van der Waals surface area contributed by atoms with Gasteiger partial charge in [-0.25, -0.2) is 21.6 Å². The molecule has 0 atom stereocenters. The number of piperidine rings is 1. The molecular weight excluding hydrogens is 456 g/mol. The van der Waals surface area contributed by atoms with Gasteiger partial charge in [-0.05, 0) is 55.7 Å². The van der Waals surface area contributed by atoms with Crippen LogP contribution in [-0.4, -0.2) is 54.4 Å². The Kier molecular flexibility index (Phi) is 7.11. The first-order valence-electron chi connectivity index (χ1n) is 10.00. The van der Waals surface area contributed by atoms with Crippen molar-refractivity contribution >= 4 is 31.7 Å². The van der Waals surface area contributed by atoms with Gasteiger partial charge < -0.3 is 9.47 Å². The monoisotopic (exact) mass is 482 g/mol. The Balaban J connectivity index is 1.99. The third-order valence-electron chi connectivity index (χ3n) is 5.29. The quantitative estimate of drug-likeness (QED) is 0.603. The molecule has 0 amide bonds. The Labute approximate surface area is 188 Å². The largest absolute Gasteiger partial charge is 0.495 e. The number of aryl methyl sites for hydroxylation is 1. The third-order valence-corrected chi connectivity index (χ3v) is 8.55. The summed E-state index contributed by atoms with van der Waals surface area (Å²) in [7, 11) is -5.37. The fraction of sp³-hybridized carbons (Fsp3) is 0.381. The molecule has 3 rings (SSSR count). The molecule has 1 N–H and O–H groups in total. The standard InChI is InChI=1S/C21H26N2O7S2/c1-15-7-8-16(13-18(15)21(24)30-3)31(25,26)22-19-14-17(9-10-20(19)29-2)32(27,28)23-11-5-4-6-12-23/h7-10,13-14,22H,4-6,11-12H2,1-3H3. The van der Waals surface area contributed by atoms with Gasteiger partial charge in [0.1, 0.15) is 5.75 Å². The van der Waals surface area contributed by atoms with Gasteiger partial charge in [-0.3, -0.25) is 4.72 Å². The molecule has 2 aromatic carbocycles. The maximum Gasteiger partial charge on any atom is 0.338 e. The summed E-state index contributed by atoms with van der Waals surface area (Å²) in [6.07, 6.45) is 2.54. The van der Waals surface area contributed by atoms with Gasteiger partial charge in [0, 0.05) is 13.1 Å². The molecule has 32 heavy (non-hydrogen) atoms. The van der Waals surface area contributed by atoms with Gasteiger partial charge >= 0.3 is 5.97 Å². The molecule has 0 aliphatic carbocycles. The number of hydrogen-bond donors (Lipinski definition) is 1. The van der Waals surface area contributed by atoms with Crippen LogP contribution in [-0.2, 0) is 24.8 Å². The van der Waals surface area contributed by atoms with Crippen LogP contribution in [0.1, 0.15) is 35.2 Å². The average molecular weight is 483 g/mol. The first kappa shape index (κ1) is 24.0. The molecule has 1 fully saturated rings. The number of hydrogen-bond acceptors (Lipinski definition) is 7. The van der Waals surface area contributed by atoms with Gasteiger partial charge in [-0.15, -0.1) is 0 Å². The molecule has 0 unspecified atom stereocenters. The molecular formula is C21H26N2O7S2. The molecule has 11 heteroatoms. The van der Waals surface area contributed by atoms with Crippen LogP contribution in [0, 0.1) is 6.92 Å². The summed E-state index contributed by atoms with van der Waals surface area (Å²) < 4.78 is 65.8. The number of methoxy groups -OCH3 is 2. The molecule has 0 aromatic heterocycles. The number of carbonyl (C=O) groups excluding carboxylic acids is 1. The smallest absolute Gasteiger partial charge is 0.338 e. The summed E-state index contributed by atoms with van der Waals surface area (Å²) in [4.78, 5) is 11.7. The van der Waals surface area contributed by atoms with Gasteiger partial charge in [0.2, 0.25) is 10.0 Å². The van der Waals surface area contributed by atoms with Crippen molar-refractivity contribution in [2.45, 2.75) is 36.0 Å². The van der Waals surface area contributed by atoms with Crippen molar-refractivity contribution in [1.29, 1.82) is 0 Å². The highest BCUT2D eigenvalue weighted by molar-refractivity contribution is 7.92. The van der Waals surface area contributed by atoms with Crippen molar-refractivity contribution in [3.8, 4) is 5.75 Å². The van der Waals surface area contributed by atoms with E-state index >= 15 is 0 Å². The van der Waals surface area contributed by atoms with Crippen LogP contribution in [0.5, 0.6) is 5.75 Å². The number of rotatable bonds is 7. The van der Waals surface area contributed by atoms with Crippen molar-refractivity contribution in [2.24, 2.45) is 0 Å². The lowest BCUT2D eigenvalue weighted by molar-refractivity contribution is 0.0599. The van der Waals surface area contributed by atoms with E-state index in [1.165, 1.54) is 54.9 Å². The maximum atomic E-state index is 13.0. The molecule has 2 aromatic rings. The lowest BCUT2D eigenvalue weighted by Gasteiger charge is -2.26. The number of benzene rings is 2. The van der Waals surface area contributed by atoms with E-state index in [2.05, 4.69) is 4.72 Å². The van der Waals surface area contributed by atoms with Crippen molar-refractivity contribution in [2.75, 3.05) is 32.0 Å². The molecule has 0 radical (unpaired) electrons. The minimum atomic E-state index is -4.16. The Morgan fingerprint density at radius 3 is 2.22 bits per heavy atom. The highest BCUT2D eigenvalue weighted by Crippen LogP contribution is 2.32. The van der Waals surface area contributed by atoms with E-state index in [1.54, 1.807) is 6.92 Å². The SMILES string of the molecule is COC(=O)c1cc(S(=O)(=O)Nc2cc(S(=O)(=O)N3CCCCC3)ccc2OC)ccc1C. The van der Waals surface area contributed by atoms with E-state index in [9.17, 15) is 21.6 Å². The van der Waals surface area contributed by atoms with Crippen molar-refractivity contribution in [1.82, 2.24) is 4.31 Å². The summed E-state index contributed by atoms with van der Waals surface area (Å²) in [6, 6.07) is 8.10. The predicted molar refractivity (Wildman–Crippen MR) is 119 cm³/mol. The average Bonchev–Trinajstić information content (AvgIpc) is 2.79. The number of nitrogens with one attached hydrogen (secondary N) is 1. The zero-order chi connectivity index (χ0) is 23.5. The minimum Gasteiger partial charge on any atom is -0.495 e. The second kappa shape index (κ2) is 9.47. The molecule has 1 heterocycles. The van der Waals surface area contributed by atoms with Crippen LogP contribution in [0.3, 0.4) is 0 Å². The van der Waals surface area contributed by atoms with Crippen LogP contribution in [0.2, 0.25) is 0 Å². The maximum absolute atomic E-state index is 13.0. The number of anilines is 1. The number of sulfonamides is 2. The summed E-state index contributed by atoms with van der Waals surface area (Å²) in [5, 5.41) is 0. The predicted octanol–water partition coefficient (Wildman–Crippen LogP) is 2.77. The number of carbonyl (C=O) groups is 1. The van der Waals surface area contributed by atoms with Gasteiger partial charge in [0.05, 0.1) is 35.3 Å². The van der Waals surface area contributed by atoms with Crippen LogP contribution >= 0.6 is 0 Å². The molecule has 1 saturated heterocycles. The van der Waals surface area contributed by atoms with Crippen LogP contribution in [0.4, 0.5) is 5.69 Å². The van der Waals surface area contributed by atoms with Gasteiger partial charge in [-0.1, -0.05) is 12.5 Å². The van der Waals surface area contributed by atoms with Crippen LogP contribution < -0.4 is 9.46 Å². The minimum absolute atomic E-state index is 0.0224.